The van der Waals surface area contributed by atoms with Gasteiger partial charge in [0, 0.05) is 24.6 Å². The number of nitrogens with zero attached hydrogens (tertiary/aromatic N) is 2. The van der Waals surface area contributed by atoms with Crippen molar-refractivity contribution < 1.29 is 32.3 Å². The maximum Gasteiger partial charge on any atom is 0.269 e. The second-order valence-corrected chi connectivity index (χ2v) is 12.3. The van der Waals surface area contributed by atoms with Gasteiger partial charge in [-0.3, -0.25) is 14.4 Å². The van der Waals surface area contributed by atoms with Crippen LogP contribution in [-0.2, 0) is 30.9 Å². The quantitative estimate of drug-likeness (QED) is 0.389. The number of nitrogens with one attached hydrogen (secondary N) is 1. The van der Waals surface area contributed by atoms with Gasteiger partial charge >= 0.3 is 0 Å². The van der Waals surface area contributed by atoms with Crippen LogP contribution < -0.4 is 10.1 Å². The molecule has 0 radical (unpaired) electrons. The summed E-state index contributed by atoms with van der Waals surface area (Å²) in [6, 6.07) is 15.3. The normalized spacial score (nSPS) is 18.3. The summed E-state index contributed by atoms with van der Waals surface area (Å²) in [7, 11) is -2.68. The third kappa shape index (κ3) is 5.60. The summed E-state index contributed by atoms with van der Waals surface area (Å²) in [6.45, 7) is 0.179. The van der Waals surface area contributed by atoms with Crippen LogP contribution in [0, 0.1) is 0 Å². The lowest BCUT2D eigenvalue weighted by Crippen LogP contribution is -2.48. The highest BCUT2D eigenvalue weighted by Crippen LogP contribution is 2.32. The van der Waals surface area contributed by atoms with Crippen LogP contribution >= 0.6 is 11.3 Å². The number of amides is 3. The maximum absolute atomic E-state index is 14.0. The van der Waals surface area contributed by atoms with Crippen LogP contribution in [0.2, 0.25) is 0 Å². The molecule has 3 aromatic rings. The molecule has 210 valence electrons. The van der Waals surface area contributed by atoms with E-state index in [2.05, 4.69) is 5.32 Å². The molecule has 0 spiro atoms. The van der Waals surface area contributed by atoms with Crippen molar-refractivity contribution in [3.05, 3.63) is 82.0 Å². The van der Waals surface area contributed by atoms with Crippen molar-refractivity contribution in [1.82, 2.24) is 14.5 Å². The summed E-state index contributed by atoms with van der Waals surface area (Å²) < 4.78 is 37.8. The minimum absolute atomic E-state index is 0.00618. The number of carbonyl (C=O) groups is 3. The minimum Gasteiger partial charge on any atom is -0.497 e. The Labute approximate surface area is 236 Å². The highest BCUT2D eigenvalue weighted by Gasteiger charge is 2.43. The van der Waals surface area contributed by atoms with Gasteiger partial charge in [-0.1, -0.05) is 30.3 Å². The Balaban J connectivity index is 1.47. The van der Waals surface area contributed by atoms with E-state index in [-0.39, 0.29) is 23.1 Å². The number of thiophene rings is 1. The molecule has 1 saturated heterocycles. The molecule has 40 heavy (non-hydrogen) atoms. The lowest BCUT2D eigenvalue weighted by molar-refractivity contribution is -0.141. The Hall–Kier alpha value is -3.74. The number of fused-ring (bicyclic) bond motifs is 1. The molecule has 5 rings (SSSR count). The highest BCUT2D eigenvalue weighted by atomic mass is 32.2. The van der Waals surface area contributed by atoms with Gasteiger partial charge in [0.15, 0.2) is 0 Å². The number of ether oxygens (including phenoxy) is 2. The standard InChI is InChI=1S/C28H29N3O7S2/c1-37-20-12-10-19(11-13-20)17-30(25(32)18-31-28(34)22-7-2-3-9-24(22)40(31,35)36)26(23-8-5-15-39-23)27(33)29-16-21-6-4-14-38-21/h2-3,5,7-13,15,21,26H,4,6,14,16-18H2,1H3,(H,29,33)/t21-,26-/m1/s1. The second-order valence-electron chi connectivity index (χ2n) is 9.48. The van der Waals surface area contributed by atoms with Crippen LogP contribution in [0.5, 0.6) is 5.75 Å². The maximum atomic E-state index is 14.0. The summed E-state index contributed by atoms with van der Waals surface area (Å²) >= 11 is 1.31. The average molecular weight is 584 g/mol. The van der Waals surface area contributed by atoms with Crippen LogP contribution in [0.1, 0.15) is 39.7 Å². The summed E-state index contributed by atoms with van der Waals surface area (Å²) in [6.07, 6.45) is 1.63. The molecule has 12 heteroatoms. The number of carbonyl (C=O) groups excluding carboxylic acids is 3. The van der Waals surface area contributed by atoms with E-state index in [1.807, 2.05) is 0 Å². The molecule has 2 aliphatic heterocycles. The summed E-state index contributed by atoms with van der Waals surface area (Å²) in [5, 5.41) is 4.72. The first-order valence-electron chi connectivity index (χ1n) is 12.8. The average Bonchev–Trinajstić information content (AvgIpc) is 3.72. The summed E-state index contributed by atoms with van der Waals surface area (Å²) in [5.41, 5.74) is 0.711. The molecular formula is C28H29N3O7S2. The van der Waals surface area contributed by atoms with Crippen molar-refractivity contribution in [2.45, 2.75) is 36.4 Å². The first-order chi connectivity index (χ1) is 19.3. The lowest BCUT2D eigenvalue weighted by Gasteiger charge is -2.32. The molecule has 3 heterocycles. The van der Waals surface area contributed by atoms with Gasteiger partial charge in [-0.15, -0.1) is 11.3 Å². The fraction of sp³-hybridized carbons (Fsp3) is 0.321. The molecule has 0 aliphatic carbocycles. The number of hydrogen-bond donors (Lipinski definition) is 1. The van der Waals surface area contributed by atoms with Gasteiger partial charge in [-0.25, -0.2) is 12.7 Å². The number of sulfonamides is 1. The second kappa shape index (κ2) is 11.8. The largest absolute Gasteiger partial charge is 0.497 e. The van der Waals surface area contributed by atoms with Gasteiger partial charge < -0.3 is 19.7 Å². The minimum atomic E-state index is -4.22. The van der Waals surface area contributed by atoms with Gasteiger partial charge in [0.05, 0.1) is 18.8 Å². The lowest BCUT2D eigenvalue weighted by atomic mass is 10.1. The molecule has 0 bridgehead atoms. The molecule has 3 amide bonds. The molecule has 0 unspecified atom stereocenters. The predicted molar refractivity (Wildman–Crippen MR) is 147 cm³/mol. The van der Waals surface area contributed by atoms with E-state index in [1.54, 1.807) is 55.0 Å². The van der Waals surface area contributed by atoms with E-state index < -0.39 is 40.3 Å². The van der Waals surface area contributed by atoms with Crippen molar-refractivity contribution in [3.63, 3.8) is 0 Å². The highest BCUT2D eigenvalue weighted by molar-refractivity contribution is 7.90. The molecule has 0 saturated carbocycles. The Morgan fingerprint density at radius 2 is 1.93 bits per heavy atom. The Bertz CT molecular complexity index is 1480. The monoisotopic (exact) mass is 583 g/mol. The molecule has 10 nitrogen and oxygen atoms in total. The molecule has 1 N–H and O–H groups in total. The topological polar surface area (TPSA) is 122 Å². The van der Waals surface area contributed by atoms with Crippen molar-refractivity contribution in [1.29, 1.82) is 0 Å². The van der Waals surface area contributed by atoms with Crippen LogP contribution in [-0.4, -0.2) is 68.3 Å². The van der Waals surface area contributed by atoms with Crippen LogP contribution in [0.15, 0.2) is 70.9 Å². The number of methoxy groups -OCH3 is 1. The third-order valence-electron chi connectivity index (χ3n) is 6.92. The first kappa shape index (κ1) is 27.8. The van der Waals surface area contributed by atoms with Gasteiger partial charge in [-0.2, -0.15) is 0 Å². The van der Waals surface area contributed by atoms with Crippen molar-refractivity contribution in [3.8, 4) is 5.75 Å². The number of hydrogen-bond acceptors (Lipinski definition) is 8. The zero-order chi connectivity index (χ0) is 28.3. The van der Waals surface area contributed by atoms with Crippen LogP contribution in [0.4, 0.5) is 0 Å². The zero-order valence-electron chi connectivity index (χ0n) is 21.8. The third-order valence-corrected chi connectivity index (χ3v) is 9.64. The summed E-state index contributed by atoms with van der Waals surface area (Å²) in [5.74, 6) is -1.26. The Morgan fingerprint density at radius 3 is 2.58 bits per heavy atom. The first-order valence-corrected chi connectivity index (χ1v) is 15.1. The smallest absolute Gasteiger partial charge is 0.269 e. The van der Waals surface area contributed by atoms with E-state index in [1.165, 1.54) is 34.4 Å². The van der Waals surface area contributed by atoms with Crippen LogP contribution in [0.25, 0.3) is 0 Å². The van der Waals surface area contributed by atoms with Crippen molar-refractivity contribution in [2.75, 3.05) is 26.8 Å². The molecule has 1 aromatic heterocycles. The number of benzene rings is 2. The van der Waals surface area contributed by atoms with E-state index >= 15 is 0 Å². The zero-order valence-corrected chi connectivity index (χ0v) is 23.4. The van der Waals surface area contributed by atoms with Gasteiger partial charge in [0.2, 0.25) is 11.8 Å². The van der Waals surface area contributed by atoms with Gasteiger partial charge in [0.25, 0.3) is 15.9 Å². The molecule has 2 aliphatic rings. The van der Waals surface area contributed by atoms with E-state index in [0.717, 1.165) is 12.8 Å². The Morgan fingerprint density at radius 1 is 1.15 bits per heavy atom. The predicted octanol–water partition coefficient (Wildman–Crippen LogP) is 2.97. The SMILES string of the molecule is COc1ccc(CN(C(=O)CN2C(=O)c3ccccc3S2(=O)=O)[C@@H](C(=O)NC[C@H]2CCCO2)c2cccs2)cc1. The van der Waals surface area contributed by atoms with Crippen molar-refractivity contribution in [2.24, 2.45) is 0 Å². The van der Waals surface area contributed by atoms with Crippen LogP contribution in [0.3, 0.4) is 0 Å². The van der Waals surface area contributed by atoms with Crippen molar-refractivity contribution >= 4 is 39.1 Å². The fourth-order valence-electron chi connectivity index (χ4n) is 4.84. The van der Waals surface area contributed by atoms with E-state index in [4.69, 9.17) is 9.47 Å². The number of rotatable bonds is 10. The molecule has 2 atom stereocenters. The fourth-order valence-corrected chi connectivity index (χ4v) is 7.19. The van der Waals surface area contributed by atoms with E-state index in [9.17, 15) is 22.8 Å². The van der Waals surface area contributed by atoms with E-state index in [0.29, 0.717) is 33.6 Å². The molecule has 2 aromatic carbocycles. The Kier molecular flexibility index (Phi) is 8.19. The molecule has 1 fully saturated rings. The molecular weight excluding hydrogens is 554 g/mol. The summed E-state index contributed by atoms with van der Waals surface area (Å²) in [4.78, 5) is 42.5. The van der Waals surface area contributed by atoms with Gasteiger partial charge in [0.1, 0.15) is 23.2 Å². The van der Waals surface area contributed by atoms with Gasteiger partial charge in [-0.05, 0) is 54.1 Å².